The maximum Gasteiger partial charge on any atom is 0.573 e. The van der Waals surface area contributed by atoms with E-state index in [9.17, 15) is 22.8 Å². The van der Waals surface area contributed by atoms with E-state index < -0.39 is 18.0 Å². The molecule has 0 saturated carbocycles. The fourth-order valence-electron chi connectivity index (χ4n) is 2.85. The van der Waals surface area contributed by atoms with Gasteiger partial charge in [0.05, 0.1) is 5.69 Å². The van der Waals surface area contributed by atoms with E-state index in [4.69, 9.17) is 0 Å². The number of carbonyl (C=O) groups is 2. The van der Waals surface area contributed by atoms with Crippen LogP contribution in [0.5, 0.6) is 5.75 Å². The number of alkyl halides is 3. The van der Waals surface area contributed by atoms with Crippen LogP contribution in [-0.2, 0) is 11.2 Å². The monoisotopic (exact) mass is 364 g/mol. The first kappa shape index (κ1) is 17.8. The van der Waals surface area contributed by atoms with Crippen LogP contribution in [-0.4, -0.2) is 24.7 Å². The van der Waals surface area contributed by atoms with Crippen LogP contribution < -0.4 is 15.0 Å². The van der Waals surface area contributed by atoms with Crippen LogP contribution in [0.4, 0.5) is 24.5 Å². The molecule has 0 radical (unpaired) electrons. The van der Waals surface area contributed by atoms with Crippen molar-refractivity contribution in [2.75, 3.05) is 16.8 Å². The lowest BCUT2D eigenvalue weighted by atomic mass is 10.1. The van der Waals surface area contributed by atoms with Crippen molar-refractivity contribution in [3.05, 3.63) is 53.6 Å². The zero-order valence-electron chi connectivity index (χ0n) is 13.8. The average molecular weight is 364 g/mol. The van der Waals surface area contributed by atoms with Gasteiger partial charge in [-0.1, -0.05) is 12.1 Å². The number of anilines is 2. The molecule has 0 aromatic heterocycles. The van der Waals surface area contributed by atoms with E-state index in [1.807, 2.05) is 0 Å². The number of nitrogens with one attached hydrogen (secondary N) is 1. The largest absolute Gasteiger partial charge is 0.573 e. The van der Waals surface area contributed by atoms with Gasteiger partial charge in [-0.05, 0) is 42.3 Å². The Hall–Kier alpha value is -3.03. The maximum atomic E-state index is 12.5. The summed E-state index contributed by atoms with van der Waals surface area (Å²) in [5.41, 5.74) is 1.79. The quantitative estimate of drug-likeness (QED) is 0.903. The van der Waals surface area contributed by atoms with Crippen LogP contribution in [0.15, 0.2) is 42.5 Å². The molecule has 2 amide bonds. The first-order chi connectivity index (χ1) is 12.2. The standard InChI is InChI=1S/C18H15F3N2O3/c1-11(24)23-9-8-12-10-13(6-7-15(12)23)17(25)22-14-4-2-3-5-16(14)26-18(19,20)21/h2-7,10H,8-9H2,1H3,(H,22,25). The van der Waals surface area contributed by atoms with Crippen LogP contribution in [0.25, 0.3) is 0 Å². The average Bonchev–Trinajstić information content (AvgIpc) is 2.98. The molecule has 26 heavy (non-hydrogen) atoms. The highest BCUT2D eigenvalue weighted by Crippen LogP contribution is 2.32. The summed E-state index contributed by atoms with van der Waals surface area (Å²) in [6.07, 6.45) is -4.24. The Bertz CT molecular complexity index is 865. The van der Waals surface area contributed by atoms with Gasteiger partial charge in [0.1, 0.15) is 0 Å². The smallest absolute Gasteiger partial charge is 0.404 e. The van der Waals surface area contributed by atoms with Crippen molar-refractivity contribution in [3.63, 3.8) is 0 Å². The van der Waals surface area contributed by atoms with E-state index in [-0.39, 0.29) is 17.2 Å². The molecule has 0 unspecified atom stereocenters. The summed E-state index contributed by atoms with van der Waals surface area (Å²) in [7, 11) is 0. The van der Waals surface area contributed by atoms with Gasteiger partial charge in [0.2, 0.25) is 5.91 Å². The molecule has 8 heteroatoms. The number of hydrogen-bond acceptors (Lipinski definition) is 3. The number of ether oxygens (including phenoxy) is 1. The Morgan fingerprint density at radius 1 is 1.15 bits per heavy atom. The van der Waals surface area contributed by atoms with Gasteiger partial charge in [-0.15, -0.1) is 13.2 Å². The summed E-state index contributed by atoms with van der Waals surface area (Å²) in [6.45, 7) is 2.01. The number of carbonyl (C=O) groups excluding carboxylic acids is 2. The normalized spacial score (nSPS) is 13.3. The second-order valence-electron chi connectivity index (χ2n) is 5.76. The Morgan fingerprint density at radius 3 is 2.58 bits per heavy atom. The molecule has 0 saturated heterocycles. The van der Waals surface area contributed by atoms with Gasteiger partial charge in [-0.25, -0.2) is 0 Å². The number of rotatable bonds is 3. The Morgan fingerprint density at radius 2 is 1.88 bits per heavy atom. The molecule has 0 spiro atoms. The third-order valence-electron chi connectivity index (χ3n) is 3.98. The molecule has 2 aromatic carbocycles. The van der Waals surface area contributed by atoms with Crippen LogP contribution in [0.2, 0.25) is 0 Å². The molecule has 1 heterocycles. The second kappa shape index (κ2) is 6.70. The molecule has 0 atom stereocenters. The minimum atomic E-state index is -4.86. The number of amides is 2. The van der Waals surface area contributed by atoms with Gasteiger partial charge in [-0.2, -0.15) is 0 Å². The summed E-state index contributed by atoms with van der Waals surface area (Å²) < 4.78 is 41.3. The lowest BCUT2D eigenvalue weighted by Gasteiger charge is -2.15. The number of halogens is 3. The number of hydrogen-bond donors (Lipinski definition) is 1. The van der Waals surface area contributed by atoms with Crippen LogP contribution in [0, 0.1) is 0 Å². The predicted octanol–water partition coefficient (Wildman–Crippen LogP) is 3.75. The van der Waals surface area contributed by atoms with Gasteiger partial charge >= 0.3 is 6.36 Å². The highest BCUT2D eigenvalue weighted by atomic mass is 19.4. The Balaban J connectivity index is 1.81. The van der Waals surface area contributed by atoms with Crippen LogP contribution in [0.3, 0.4) is 0 Å². The number of nitrogens with zero attached hydrogens (tertiary/aromatic N) is 1. The van der Waals surface area contributed by atoms with Crippen molar-refractivity contribution in [1.29, 1.82) is 0 Å². The van der Waals surface area contributed by atoms with Crippen molar-refractivity contribution in [2.24, 2.45) is 0 Å². The molecule has 136 valence electrons. The van der Waals surface area contributed by atoms with Crippen molar-refractivity contribution < 1.29 is 27.5 Å². The van der Waals surface area contributed by atoms with Gasteiger partial charge in [-0.3, -0.25) is 9.59 Å². The summed E-state index contributed by atoms with van der Waals surface area (Å²) in [5.74, 6) is -1.14. The number of benzene rings is 2. The fourth-order valence-corrected chi connectivity index (χ4v) is 2.85. The molecular formula is C18H15F3N2O3. The molecular weight excluding hydrogens is 349 g/mol. The highest BCUT2D eigenvalue weighted by molar-refractivity contribution is 6.06. The molecule has 5 nitrogen and oxygen atoms in total. The Labute approximate surface area is 147 Å². The molecule has 2 aromatic rings. The number of fused-ring (bicyclic) bond motifs is 1. The van der Waals surface area contributed by atoms with Crippen molar-refractivity contribution in [3.8, 4) is 5.75 Å². The molecule has 0 bridgehead atoms. The van der Waals surface area contributed by atoms with E-state index in [2.05, 4.69) is 10.1 Å². The molecule has 0 fully saturated rings. The maximum absolute atomic E-state index is 12.5. The summed E-state index contributed by atoms with van der Waals surface area (Å²) >= 11 is 0. The molecule has 1 aliphatic rings. The first-order valence-electron chi connectivity index (χ1n) is 7.82. The van der Waals surface area contributed by atoms with Crippen LogP contribution in [0.1, 0.15) is 22.8 Å². The van der Waals surface area contributed by atoms with E-state index in [1.165, 1.54) is 31.2 Å². The van der Waals surface area contributed by atoms with E-state index in [0.717, 1.165) is 17.3 Å². The molecule has 3 rings (SSSR count). The molecule has 1 aliphatic heterocycles. The topological polar surface area (TPSA) is 58.6 Å². The summed E-state index contributed by atoms with van der Waals surface area (Å²) in [5, 5.41) is 2.43. The molecule has 1 N–H and O–H groups in total. The lowest BCUT2D eigenvalue weighted by Crippen LogP contribution is -2.25. The van der Waals surface area contributed by atoms with Crippen molar-refractivity contribution in [1.82, 2.24) is 0 Å². The molecule has 0 aliphatic carbocycles. The minimum absolute atomic E-state index is 0.0827. The summed E-state index contributed by atoms with van der Waals surface area (Å²) in [4.78, 5) is 25.6. The SMILES string of the molecule is CC(=O)N1CCc2cc(C(=O)Nc3ccccc3OC(F)(F)F)ccc21. The van der Waals surface area contributed by atoms with Crippen LogP contribution >= 0.6 is 0 Å². The third kappa shape index (κ3) is 3.79. The van der Waals surface area contributed by atoms with Gasteiger partial charge in [0.15, 0.2) is 5.75 Å². The predicted molar refractivity (Wildman–Crippen MR) is 89.3 cm³/mol. The lowest BCUT2D eigenvalue weighted by molar-refractivity contribution is -0.274. The zero-order valence-corrected chi connectivity index (χ0v) is 13.8. The van der Waals surface area contributed by atoms with E-state index >= 15 is 0 Å². The van der Waals surface area contributed by atoms with E-state index in [1.54, 1.807) is 17.0 Å². The third-order valence-corrected chi connectivity index (χ3v) is 3.98. The summed E-state index contributed by atoms with van der Waals surface area (Å²) in [6, 6.07) is 10.1. The zero-order chi connectivity index (χ0) is 18.9. The Kier molecular flexibility index (Phi) is 4.58. The van der Waals surface area contributed by atoms with Gasteiger partial charge in [0, 0.05) is 24.7 Å². The van der Waals surface area contributed by atoms with E-state index in [0.29, 0.717) is 13.0 Å². The van der Waals surface area contributed by atoms with Crippen molar-refractivity contribution in [2.45, 2.75) is 19.7 Å². The number of para-hydroxylation sites is 2. The van der Waals surface area contributed by atoms with Gasteiger partial charge < -0.3 is 15.0 Å². The van der Waals surface area contributed by atoms with Gasteiger partial charge in [0.25, 0.3) is 5.91 Å². The highest BCUT2D eigenvalue weighted by Gasteiger charge is 2.32. The van der Waals surface area contributed by atoms with Crippen molar-refractivity contribution >= 4 is 23.2 Å². The minimum Gasteiger partial charge on any atom is -0.404 e. The second-order valence-corrected chi connectivity index (χ2v) is 5.76. The first-order valence-corrected chi connectivity index (χ1v) is 7.82. The fraction of sp³-hybridized carbons (Fsp3) is 0.222.